The SMILES string of the molecule is CCCNc1nc(Cc2ccncc2)nc(OCCC)n1. The van der Waals surface area contributed by atoms with Crippen molar-refractivity contribution in [3.8, 4) is 6.01 Å². The first-order valence-corrected chi connectivity index (χ1v) is 7.32. The van der Waals surface area contributed by atoms with Gasteiger partial charge in [0.15, 0.2) is 0 Å². The number of nitrogens with one attached hydrogen (secondary N) is 1. The molecule has 0 aromatic carbocycles. The van der Waals surface area contributed by atoms with Gasteiger partial charge in [0.05, 0.1) is 6.61 Å². The number of pyridine rings is 1. The van der Waals surface area contributed by atoms with Crippen LogP contribution in [-0.4, -0.2) is 33.1 Å². The molecule has 0 spiro atoms. The van der Waals surface area contributed by atoms with E-state index in [4.69, 9.17) is 4.74 Å². The highest BCUT2D eigenvalue weighted by atomic mass is 16.5. The Kier molecular flexibility index (Phi) is 5.87. The molecule has 0 amide bonds. The Bertz CT molecular complexity index is 521. The molecule has 112 valence electrons. The fourth-order valence-electron chi connectivity index (χ4n) is 1.73. The summed E-state index contributed by atoms with van der Waals surface area (Å²) < 4.78 is 5.54. The standard InChI is InChI=1S/C15H21N5O/c1-3-7-17-14-18-13(11-12-5-8-16-9-6-12)19-15(20-14)21-10-4-2/h5-6,8-9H,3-4,7,10-11H2,1-2H3,(H,17,18,19,20). The van der Waals surface area contributed by atoms with Gasteiger partial charge in [0.25, 0.3) is 0 Å². The van der Waals surface area contributed by atoms with Gasteiger partial charge in [0.2, 0.25) is 5.95 Å². The molecule has 2 aromatic rings. The molecule has 0 fully saturated rings. The van der Waals surface area contributed by atoms with Crippen LogP contribution in [0.5, 0.6) is 6.01 Å². The molecule has 0 atom stereocenters. The summed E-state index contributed by atoms with van der Waals surface area (Å²) in [4.78, 5) is 17.1. The van der Waals surface area contributed by atoms with Crippen LogP contribution < -0.4 is 10.1 Å². The van der Waals surface area contributed by atoms with Crippen LogP contribution in [0.2, 0.25) is 0 Å². The maximum absolute atomic E-state index is 5.54. The molecule has 0 radical (unpaired) electrons. The van der Waals surface area contributed by atoms with Crippen LogP contribution in [0.1, 0.15) is 38.1 Å². The van der Waals surface area contributed by atoms with Gasteiger partial charge in [-0.3, -0.25) is 4.98 Å². The van der Waals surface area contributed by atoms with E-state index in [0.29, 0.717) is 30.8 Å². The number of nitrogens with zero attached hydrogens (tertiary/aromatic N) is 4. The highest BCUT2D eigenvalue weighted by molar-refractivity contribution is 5.27. The van der Waals surface area contributed by atoms with Crippen LogP contribution in [0.25, 0.3) is 0 Å². The van der Waals surface area contributed by atoms with E-state index in [1.807, 2.05) is 12.1 Å². The van der Waals surface area contributed by atoms with Gasteiger partial charge in [0.1, 0.15) is 5.82 Å². The predicted molar refractivity (Wildman–Crippen MR) is 81.4 cm³/mol. The van der Waals surface area contributed by atoms with Crippen molar-refractivity contribution in [2.45, 2.75) is 33.1 Å². The number of rotatable bonds is 8. The third-order valence-corrected chi connectivity index (χ3v) is 2.74. The van der Waals surface area contributed by atoms with Crippen LogP contribution in [0.3, 0.4) is 0 Å². The number of hydrogen-bond donors (Lipinski definition) is 1. The third kappa shape index (κ3) is 4.98. The maximum atomic E-state index is 5.54. The quantitative estimate of drug-likeness (QED) is 0.804. The molecule has 0 unspecified atom stereocenters. The predicted octanol–water partition coefficient (Wildman–Crippen LogP) is 2.47. The Morgan fingerprint density at radius 2 is 1.86 bits per heavy atom. The van der Waals surface area contributed by atoms with Crippen LogP contribution in [-0.2, 0) is 6.42 Å². The lowest BCUT2D eigenvalue weighted by Crippen LogP contribution is -2.11. The van der Waals surface area contributed by atoms with Crippen molar-refractivity contribution >= 4 is 5.95 Å². The van der Waals surface area contributed by atoms with Crippen LogP contribution in [0.15, 0.2) is 24.5 Å². The van der Waals surface area contributed by atoms with E-state index >= 15 is 0 Å². The minimum atomic E-state index is 0.384. The average Bonchev–Trinajstić information content (AvgIpc) is 2.52. The largest absolute Gasteiger partial charge is 0.463 e. The zero-order valence-corrected chi connectivity index (χ0v) is 12.5. The summed E-state index contributed by atoms with van der Waals surface area (Å²) in [5, 5.41) is 3.18. The molecule has 6 heteroatoms. The minimum Gasteiger partial charge on any atom is -0.463 e. The van der Waals surface area contributed by atoms with E-state index in [0.717, 1.165) is 24.9 Å². The summed E-state index contributed by atoms with van der Waals surface area (Å²) in [6, 6.07) is 4.29. The van der Waals surface area contributed by atoms with Crippen molar-refractivity contribution in [1.29, 1.82) is 0 Å². The van der Waals surface area contributed by atoms with E-state index in [1.165, 1.54) is 0 Å². The summed E-state index contributed by atoms with van der Waals surface area (Å²) in [7, 11) is 0. The normalized spacial score (nSPS) is 10.4. The Morgan fingerprint density at radius 1 is 1.05 bits per heavy atom. The fraction of sp³-hybridized carbons (Fsp3) is 0.467. The second kappa shape index (κ2) is 8.14. The summed E-state index contributed by atoms with van der Waals surface area (Å²) in [6.07, 6.45) is 6.09. The molecule has 2 rings (SSSR count). The Morgan fingerprint density at radius 3 is 2.57 bits per heavy atom. The molecule has 2 heterocycles. The second-order valence-electron chi connectivity index (χ2n) is 4.67. The van der Waals surface area contributed by atoms with Gasteiger partial charge in [-0.25, -0.2) is 0 Å². The highest BCUT2D eigenvalue weighted by Crippen LogP contribution is 2.11. The van der Waals surface area contributed by atoms with Gasteiger partial charge >= 0.3 is 6.01 Å². The minimum absolute atomic E-state index is 0.384. The number of ether oxygens (including phenoxy) is 1. The monoisotopic (exact) mass is 287 g/mol. The molecule has 2 aromatic heterocycles. The van der Waals surface area contributed by atoms with Crippen molar-refractivity contribution in [2.24, 2.45) is 0 Å². The fourth-order valence-corrected chi connectivity index (χ4v) is 1.73. The summed E-state index contributed by atoms with van der Waals surface area (Å²) in [5.41, 5.74) is 1.11. The van der Waals surface area contributed by atoms with Crippen molar-refractivity contribution in [2.75, 3.05) is 18.5 Å². The van der Waals surface area contributed by atoms with Gasteiger partial charge in [-0.05, 0) is 30.5 Å². The molecule has 21 heavy (non-hydrogen) atoms. The molecular weight excluding hydrogens is 266 g/mol. The lowest BCUT2D eigenvalue weighted by atomic mass is 10.2. The molecule has 0 saturated carbocycles. The number of hydrogen-bond acceptors (Lipinski definition) is 6. The lowest BCUT2D eigenvalue weighted by molar-refractivity contribution is 0.290. The molecule has 0 aliphatic heterocycles. The molecule has 0 aliphatic carbocycles. The number of aromatic nitrogens is 4. The first-order chi connectivity index (χ1) is 10.3. The van der Waals surface area contributed by atoms with E-state index in [9.17, 15) is 0 Å². The van der Waals surface area contributed by atoms with Gasteiger partial charge in [-0.2, -0.15) is 15.0 Å². The Hall–Kier alpha value is -2.24. The van der Waals surface area contributed by atoms with Crippen LogP contribution >= 0.6 is 0 Å². The van der Waals surface area contributed by atoms with E-state index in [2.05, 4.69) is 39.1 Å². The van der Waals surface area contributed by atoms with Gasteiger partial charge < -0.3 is 10.1 Å². The van der Waals surface area contributed by atoms with Crippen molar-refractivity contribution < 1.29 is 4.74 Å². The molecule has 1 N–H and O–H groups in total. The molecule has 6 nitrogen and oxygen atoms in total. The Labute approximate surface area is 125 Å². The summed E-state index contributed by atoms with van der Waals surface area (Å²) in [6.45, 7) is 5.58. The summed E-state index contributed by atoms with van der Waals surface area (Å²) in [5.74, 6) is 1.27. The highest BCUT2D eigenvalue weighted by Gasteiger charge is 2.08. The summed E-state index contributed by atoms with van der Waals surface area (Å²) >= 11 is 0. The van der Waals surface area contributed by atoms with E-state index < -0.39 is 0 Å². The molecular formula is C15H21N5O. The first kappa shape index (κ1) is 15.2. The first-order valence-electron chi connectivity index (χ1n) is 7.32. The molecule has 0 aliphatic rings. The zero-order valence-electron chi connectivity index (χ0n) is 12.5. The van der Waals surface area contributed by atoms with E-state index in [1.54, 1.807) is 12.4 Å². The Balaban J connectivity index is 2.17. The van der Waals surface area contributed by atoms with Crippen molar-refractivity contribution in [1.82, 2.24) is 19.9 Å². The van der Waals surface area contributed by atoms with Crippen molar-refractivity contribution in [3.05, 3.63) is 35.9 Å². The van der Waals surface area contributed by atoms with Crippen molar-refractivity contribution in [3.63, 3.8) is 0 Å². The molecule has 0 bridgehead atoms. The van der Waals surface area contributed by atoms with Crippen LogP contribution in [0, 0.1) is 0 Å². The third-order valence-electron chi connectivity index (χ3n) is 2.74. The second-order valence-corrected chi connectivity index (χ2v) is 4.67. The smallest absolute Gasteiger partial charge is 0.321 e. The zero-order chi connectivity index (χ0) is 14.9. The molecule has 0 saturated heterocycles. The maximum Gasteiger partial charge on any atom is 0.321 e. The van der Waals surface area contributed by atoms with E-state index in [-0.39, 0.29) is 0 Å². The van der Waals surface area contributed by atoms with Crippen LogP contribution in [0.4, 0.5) is 5.95 Å². The topological polar surface area (TPSA) is 72.8 Å². The number of anilines is 1. The van der Waals surface area contributed by atoms with Gasteiger partial charge in [0, 0.05) is 25.4 Å². The van der Waals surface area contributed by atoms with Gasteiger partial charge in [-0.15, -0.1) is 0 Å². The average molecular weight is 287 g/mol. The lowest BCUT2D eigenvalue weighted by Gasteiger charge is -2.09. The van der Waals surface area contributed by atoms with Gasteiger partial charge in [-0.1, -0.05) is 13.8 Å².